The van der Waals surface area contributed by atoms with Crippen molar-refractivity contribution >= 4 is 29.1 Å². The molecule has 23 heavy (non-hydrogen) atoms. The van der Waals surface area contributed by atoms with Crippen molar-refractivity contribution in [2.24, 2.45) is 0 Å². The van der Waals surface area contributed by atoms with E-state index in [-0.39, 0.29) is 37.9 Å². The average Bonchev–Trinajstić information content (AvgIpc) is 3.16. The Hall–Kier alpha value is -2.75. The van der Waals surface area contributed by atoms with Gasteiger partial charge in [0.2, 0.25) is 5.91 Å². The topological polar surface area (TPSA) is 126 Å². The lowest BCUT2D eigenvalue weighted by atomic mass is 10.3. The van der Waals surface area contributed by atoms with Crippen LogP contribution in [0.3, 0.4) is 0 Å². The van der Waals surface area contributed by atoms with Crippen LogP contribution in [0.2, 0.25) is 0 Å². The van der Waals surface area contributed by atoms with Crippen molar-refractivity contribution in [3.05, 3.63) is 34.3 Å². The van der Waals surface area contributed by atoms with Gasteiger partial charge in [0.05, 0.1) is 12.7 Å². The number of hydrogen-bond acceptors (Lipinski definition) is 6. The quantitative estimate of drug-likeness (QED) is 0.615. The fourth-order valence-corrected chi connectivity index (χ4v) is 2.33. The molecule has 0 saturated heterocycles. The summed E-state index contributed by atoms with van der Waals surface area (Å²) in [6.45, 7) is 0.0959. The van der Waals surface area contributed by atoms with Crippen LogP contribution in [0, 0.1) is 0 Å². The maximum Gasteiger partial charge on any atom is 0.325 e. The molecule has 0 atom stereocenters. The third-order valence-corrected chi connectivity index (χ3v) is 3.45. The molecule has 0 unspecified atom stereocenters. The molecule has 0 radical (unpaired) electrons. The first-order valence-corrected chi connectivity index (χ1v) is 7.67. The maximum absolute atomic E-state index is 11.7. The highest BCUT2D eigenvalue weighted by atomic mass is 32.1. The minimum atomic E-state index is -1.02. The molecule has 10 heteroatoms. The van der Waals surface area contributed by atoms with Gasteiger partial charge in [-0.25, -0.2) is 4.68 Å². The first kappa shape index (κ1) is 16.6. The molecular weight excluding hydrogens is 322 g/mol. The van der Waals surface area contributed by atoms with E-state index >= 15 is 0 Å². The molecule has 0 fully saturated rings. The summed E-state index contributed by atoms with van der Waals surface area (Å²) >= 11 is 1.43. The second kappa shape index (κ2) is 8.03. The molecule has 0 aromatic carbocycles. The smallest absolute Gasteiger partial charge is 0.325 e. The van der Waals surface area contributed by atoms with Crippen LogP contribution in [0.4, 0.5) is 0 Å². The first-order valence-electron chi connectivity index (χ1n) is 6.72. The van der Waals surface area contributed by atoms with Crippen LogP contribution in [-0.4, -0.2) is 44.4 Å². The lowest BCUT2D eigenvalue weighted by Crippen LogP contribution is -2.30. The normalized spacial score (nSPS) is 10.3. The summed E-state index contributed by atoms with van der Waals surface area (Å²) in [5, 5.41) is 24.8. The molecule has 2 heterocycles. The van der Waals surface area contributed by atoms with Crippen molar-refractivity contribution in [2.45, 2.75) is 19.5 Å². The lowest BCUT2D eigenvalue weighted by Gasteiger charge is -2.04. The summed E-state index contributed by atoms with van der Waals surface area (Å²) in [5.41, 5.74) is 1.03. The van der Waals surface area contributed by atoms with E-state index in [1.54, 1.807) is 16.8 Å². The summed E-state index contributed by atoms with van der Waals surface area (Å²) in [6, 6.07) is 1.71. The van der Waals surface area contributed by atoms with Crippen molar-refractivity contribution in [3.63, 3.8) is 0 Å². The van der Waals surface area contributed by atoms with Crippen LogP contribution in [-0.2, 0) is 22.7 Å². The number of carboxylic acid groups (broad SMARTS) is 1. The van der Waals surface area contributed by atoms with Crippen LogP contribution >= 0.6 is 11.3 Å². The third-order valence-electron chi connectivity index (χ3n) is 2.77. The number of amides is 2. The largest absolute Gasteiger partial charge is 0.480 e. The molecule has 2 amide bonds. The lowest BCUT2D eigenvalue weighted by molar-refractivity contribution is -0.138. The number of hydrogen-bond donors (Lipinski definition) is 3. The van der Waals surface area contributed by atoms with Gasteiger partial charge in [0.15, 0.2) is 0 Å². The van der Waals surface area contributed by atoms with Gasteiger partial charge < -0.3 is 15.7 Å². The number of rotatable bonds is 8. The minimum Gasteiger partial charge on any atom is -0.480 e. The van der Waals surface area contributed by atoms with Gasteiger partial charge in [-0.3, -0.25) is 14.4 Å². The number of aliphatic carboxylic acids is 1. The predicted molar refractivity (Wildman–Crippen MR) is 80.8 cm³/mol. The van der Waals surface area contributed by atoms with Gasteiger partial charge in [-0.05, 0) is 11.4 Å². The number of aromatic nitrogens is 3. The van der Waals surface area contributed by atoms with Crippen LogP contribution in [0.1, 0.15) is 22.5 Å². The molecule has 122 valence electrons. The van der Waals surface area contributed by atoms with E-state index in [0.29, 0.717) is 11.3 Å². The van der Waals surface area contributed by atoms with Crippen molar-refractivity contribution in [2.75, 3.05) is 6.54 Å². The predicted octanol–water partition coefficient (Wildman–Crippen LogP) is -0.139. The highest BCUT2D eigenvalue weighted by Gasteiger charge is 2.08. The molecule has 0 bridgehead atoms. The van der Waals surface area contributed by atoms with E-state index < -0.39 is 5.97 Å². The van der Waals surface area contributed by atoms with Crippen molar-refractivity contribution in [1.29, 1.82) is 0 Å². The Morgan fingerprint density at radius 2 is 2.13 bits per heavy atom. The molecule has 9 nitrogen and oxygen atoms in total. The molecule has 2 aromatic heterocycles. The summed E-state index contributed by atoms with van der Waals surface area (Å²) < 4.78 is 1.17. The number of carbonyl (C=O) groups is 3. The zero-order valence-corrected chi connectivity index (χ0v) is 12.9. The van der Waals surface area contributed by atoms with Gasteiger partial charge >= 0.3 is 5.97 Å². The van der Waals surface area contributed by atoms with Gasteiger partial charge in [-0.15, -0.1) is 5.10 Å². The van der Waals surface area contributed by atoms with Gasteiger partial charge in [-0.2, -0.15) is 11.3 Å². The first-order chi connectivity index (χ1) is 11.0. The van der Waals surface area contributed by atoms with Crippen LogP contribution in [0.15, 0.2) is 23.0 Å². The SMILES string of the molecule is O=C(O)Cn1cc(CNC(=O)CCNC(=O)c2ccsc2)nn1. The molecule has 0 aliphatic heterocycles. The number of carboxylic acids is 1. The Morgan fingerprint density at radius 1 is 1.30 bits per heavy atom. The molecule has 0 aliphatic rings. The van der Waals surface area contributed by atoms with E-state index in [4.69, 9.17) is 5.11 Å². The Balaban J connectivity index is 1.66. The Bertz CT molecular complexity index is 682. The zero-order chi connectivity index (χ0) is 16.7. The van der Waals surface area contributed by atoms with Crippen LogP contribution in [0.5, 0.6) is 0 Å². The Morgan fingerprint density at radius 3 is 2.83 bits per heavy atom. The maximum atomic E-state index is 11.7. The monoisotopic (exact) mass is 337 g/mol. The van der Waals surface area contributed by atoms with Gasteiger partial charge in [0.1, 0.15) is 12.2 Å². The molecule has 2 aromatic rings. The second-order valence-electron chi connectivity index (χ2n) is 4.60. The minimum absolute atomic E-state index is 0.138. The number of carbonyl (C=O) groups excluding carboxylic acids is 2. The summed E-state index contributed by atoms with van der Waals surface area (Å²) in [6.07, 6.45) is 1.59. The molecule has 0 aliphatic carbocycles. The van der Waals surface area contributed by atoms with Crippen molar-refractivity contribution in [1.82, 2.24) is 25.6 Å². The molecule has 3 N–H and O–H groups in total. The van der Waals surface area contributed by atoms with Crippen molar-refractivity contribution in [3.8, 4) is 0 Å². The molecule has 0 spiro atoms. The Labute approximate surface area is 135 Å². The standard InChI is InChI=1S/C13H15N5O4S/c19-11(1-3-14-13(22)9-2-4-23-8-9)15-5-10-6-18(17-16-10)7-12(20)21/h2,4,6,8H,1,3,5,7H2,(H,14,22)(H,15,19)(H,20,21). The van der Waals surface area contributed by atoms with E-state index in [2.05, 4.69) is 20.9 Å². The van der Waals surface area contributed by atoms with E-state index in [0.717, 1.165) is 0 Å². The summed E-state index contributed by atoms with van der Waals surface area (Å²) in [4.78, 5) is 33.8. The Kier molecular flexibility index (Phi) is 5.80. The van der Waals surface area contributed by atoms with Crippen LogP contribution in [0.25, 0.3) is 0 Å². The number of nitrogens with one attached hydrogen (secondary N) is 2. The fraction of sp³-hybridized carbons (Fsp3) is 0.308. The highest BCUT2D eigenvalue weighted by Crippen LogP contribution is 2.05. The van der Waals surface area contributed by atoms with E-state index in [1.165, 1.54) is 22.2 Å². The van der Waals surface area contributed by atoms with E-state index in [1.807, 2.05) is 0 Å². The summed E-state index contributed by atoms with van der Waals surface area (Å²) in [5.74, 6) is -1.48. The molecule has 2 rings (SSSR count). The number of nitrogens with zero attached hydrogens (tertiary/aromatic N) is 3. The molecular formula is C13H15N5O4S. The fourth-order valence-electron chi connectivity index (χ4n) is 1.70. The molecule has 0 saturated carbocycles. The van der Waals surface area contributed by atoms with Gasteiger partial charge in [0.25, 0.3) is 5.91 Å². The van der Waals surface area contributed by atoms with Crippen LogP contribution < -0.4 is 10.6 Å². The third kappa shape index (κ3) is 5.51. The van der Waals surface area contributed by atoms with E-state index in [9.17, 15) is 14.4 Å². The number of thiophene rings is 1. The average molecular weight is 337 g/mol. The van der Waals surface area contributed by atoms with Gasteiger partial charge in [-0.1, -0.05) is 5.21 Å². The zero-order valence-electron chi connectivity index (χ0n) is 12.1. The van der Waals surface area contributed by atoms with Gasteiger partial charge in [0, 0.05) is 23.9 Å². The van der Waals surface area contributed by atoms with Crippen molar-refractivity contribution < 1.29 is 19.5 Å². The summed E-state index contributed by atoms with van der Waals surface area (Å²) in [7, 11) is 0. The highest BCUT2D eigenvalue weighted by molar-refractivity contribution is 7.08. The second-order valence-corrected chi connectivity index (χ2v) is 5.38.